The van der Waals surface area contributed by atoms with Crippen molar-refractivity contribution in [3.8, 4) is 0 Å². The van der Waals surface area contributed by atoms with Gasteiger partial charge in [0, 0.05) is 35.8 Å². The van der Waals surface area contributed by atoms with Gasteiger partial charge in [0.2, 0.25) is 0 Å². The van der Waals surface area contributed by atoms with Crippen LogP contribution in [0.2, 0.25) is 0 Å². The first-order valence-electron chi connectivity index (χ1n) is 8.88. The molecule has 0 radical (unpaired) electrons. The second kappa shape index (κ2) is 7.88. The quantitative estimate of drug-likeness (QED) is 0.742. The SMILES string of the molecule is Cc1cccc(Nc2cnc([C@@H]3CCCN(Cc4cncs4)C3)cn2)n1. The number of thiazole rings is 1. The molecule has 6 nitrogen and oxygen atoms in total. The van der Waals surface area contributed by atoms with Crippen molar-refractivity contribution in [3.63, 3.8) is 0 Å². The summed E-state index contributed by atoms with van der Waals surface area (Å²) < 4.78 is 0. The van der Waals surface area contributed by atoms with E-state index in [4.69, 9.17) is 0 Å². The molecule has 0 saturated carbocycles. The second-order valence-corrected chi connectivity index (χ2v) is 7.63. The maximum atomic E-state index is 4.66. The summed E-state index contributed by atoms with van der Waals surface area (Å²) >= 11 is 1.72. The van der Waals surface area contributed by atoms with Gasteiger partial charge in [0.15, 0.2) is 0 Å². The van der Waals surface area contributed by atoms with Crippen LogP contribution in [0.15, 0.2) is 42.3 Å². The topological polar surface area (TPSA) is 66.8 Å². The molecule has 4 rings (SSSR count). The standard InChI is InChI=1S/C19H22N6S/c1-14-4-2-6-18(23-14)24-19-10-21-17(9-22-19)15-5-3-7-25(11-15)12-16-8-20-13-26-16/h2,4,6,8-10,13,15H,3,5,7,11-12H2,1H3,(H,22,23,24)/t15-/m1/s1. The van der Waals surface area contributed by atoms with Gasteiger partial charge in [-0.05, 0) is 38.4 Å². The lowest BCUT2D eigenvalue weighted by Gasteiger charge is -2.31. The highest BCUT2D eigenvalue weighted by molar-refractivity contribution is 7.09. The number of aryl methyl sites for hydroxylation is 1. The minimum absolute atomic E-state index is 0.440. The fourth-order valence-corrected chi connectivity index (χ4v) is 3.97. The Morgan fingerprint density at radius 1 is 1.19 bits per heavy atom. The van der Waals surface area contributed by atoms with Crippen molar-refractivity contribution in [3.05, 3.63) is 58.6 Å². The molecule has 0 aliphatic carbocycles. The molecule has 0 aromatic carbocycles. The van der Waals surface area contributed by atoms with Crippen LogP contribution >= 0.6 is 11.3 Å². The number of hydrogen-bond acceptors (Lipinski definition) is 7. The zero-order valence-corrected chi connectivity index (χ0v) is 15.6. The van der Waals surface area contributed by atoms with Gasteiger partial charge in [0.25, 0.3) is 0 Å². The summed E-state index contributed by atoms with van der Waals surface area (Å²) in [7, 11) is 0. The molecule has 4 heterocycles. The number of pyridine rings is 1. The van der Waals surface area contributed by atoms with Crippen LogP contribution in [0.1, 0.15) is 35.0 Å². The maximum absolute atomic E-state index is 4.66. The molecule has 0 unspecified atom stereocenters. The van der Waals surface area contributed by atoms with Crippen molar-refractivity contribution < 1.29 is 0 Å². The number of rotatable bonds is 5. The van der Waals surface area contributed by atoms with Crippen molar-refractivity contribution >= 4 is 23.0 Å². The fraction of sp³-hybridized carbons (Fsp3) is 0.368. The highest BCUT2D eigenvalue weighted by Gasteiger charge is 2.23. The Bertz CT molecular complexity index is 834. The molecule has 3 aromatic heterocycles. The number of likely N-dealkylation sites (tertiary alicyclic amines) is 1. The van der Waals surface area contributed by atoms with Crippen LogP contribution in [-0.4, -0.2) is 37.9 Å². The van der Waals surface area contributed by atoms with Gasteiger partial charge in [-0.2, -0.15) is 0 Å². The lowest BCUT2D eigenvalue weighted by atomic mass is 9.95. The van der Waals surface area contributed by atoms with E-state index in [0.29, 0.717) is 5.92 Å². The third-order valence-electron chi connectivity index (χ3n) is 4.60. The summed E-state index contributed by atoms with van der Waals surface area (Å²) in [6.07, 6.45) is 8.03. The minimum atomic E-state index is 0.440. The predicted octanol–water partition coefficient (Wildman–Crippen LogP) is 3.76. The molecule has 1 N–H and O–H groups in total. The molecule has 26 heavy (non-hydrogen) atoms. The molecule has 7 heteroatoms. The van der Waals surface area contributed by atoms with Gasteiger partial charge in [-0.15, -0.1) is 11.3 Å². The van der Waals surface area contributed by atoms with Crippen LogP contribution in [0.25, 0.3) is 0 Å². The van der Waals surface area contributed by atoms with E-state index < -0.39 is 0 Å². The molecule has 0 spiro atoms. The summed E-state index contributed by atoms with van der Waals surface area (Å²) in [6, 6.07) is 5.88. The van der Waals surface area contributed by atoms with E-state index in [1.54, 1.807) is 11.3 Å². The van der Waals surface area contributed by atoms with E-state index >= 15 is 0 Å². The number of nitrogens with zero attached hydrogens (tertiary/aromatic N) is 5. The number of anilines is 2. The Morgan fingerprint density at radius 2 is 2.15 bits per heavy atom. The van der Waals surface area contributed by atoms with Crippen LogP contribution in [0.3, 0.4) is 0 Å². The zero-order chi connectivity index (χ0) is 17.8. The Balaban J connectivity index is 1.39. The lowest BCUT2D eigenvalue weighted by Crippen LogP contribution is -2.34. The first kappa shape index (κ1) is 17.1. The first-order valence-corrected chi connectivity index (χ1v) is 9.76. The third kappa shape index (κ3) is 4.23. The highest BCUT2D eigenvalue weighted by Crippen LogP contribution is 2.27. The maximum Gasteiger partial charge on any atom is 0.150 e. The van der Waals surface area contributed by atoms with E-state index in [-0.39, 0.29) is 0 Å². The van der Waals surface area contributed by atoms with Gasteiger partial charge in [0.05, 0.1) is 23.6 Å². The summed E-state index contributed by atoms with van der Waals surface area (Å²) in [5.41, 5.74) is 3.95. The summed E-state index contributed by atoms with van der Waals surface area (Å²) in [6.45, 7) is 5.12. The molecule has 3 aromatic rings. The van der Waals surface area contributed by atoms with Crippen molar-refractivity contribution in [2.24, 2.45) is 0 Å². The average molecular weight is 366 g/mol. The van der Waals surface area contributed by atoms with Crippen LogP contribution in [0.4, 0.5) is 11.6 Å². The first-order chi connectivity index (χ1) is 12.8. The van der Waals surface area contributed by atoms with Gasteiger partial charge in [-0.25, -0.2) is 9.97 Å². The van der Waals surface area contributed by atoms with Crippen LogP contribution in [0.5, 0.6) is 0 Å². The number of piperidine rings is 1. The van der Waals surface area contributed by atoms with Crippen molar-refractivity contribution in [2.45, 2.75) is 32.2 Å². The molecular formula is C19H22N6S. The molecule has 1 aliphatic heterocycles. The van der Waals surface area contributed by atoms with Gasteiger partial charge < -0.3 is 5.32 Å². The molecule has 1 fully saturated rings. The van der Waals surface area contributed by atoms with Gasteiger partial charge in [-0.3, -0.25) is 14.9 Å². The summed E-state index contributed by atoms with van der Waals surface area (Å²) in [5.74, 6) is 1.96. The monoisotopic (exact) mass is 366 g/mol. The van der Waals surface area contributed by atoms with Gasteiger partial charge in [0.1, 0.15) is 11.6 Å². The molecule has 0 bridgehead atoms. The predicted molar refractivity (Wildman–Crippen MR) is 104 cm³/mol. The lowest BCUT2D eigenvalue weighted by molar-refractivity contribution is 0.200. The Morgan fingerprint density at radius 3 is 2.92 bits per heavy atom. The van der Waals surface area contributed by atoms with Gasteiger partial charge >= 0.3 is 0 Å². The molecule has 1 atom stereocenters. The summed E-state index contributed by atoms with van der Waals surface area (Å²) in [5, 5.41) is 3.21. The number of nitrogens with one attached hydrogen (secondary N) is 1. The normalized spacial score (nSPS) is 18.0. The highest BCUT2D eigenvalue weighted by atomic mass is 32.1. The molecule has 1 saturated heterocycles. The Labute approximate surface area is 157 Å². The summed E-state index contributed by atoms with van der Waals surface area (Å²) in [4.78, 5) is 21.6. The molecule has 0 amide bonds. The smallest absolute Gasteiger partial charge is 0.150 e. The Hall–Kier alpha value is -2.38. The molecule has 1 aliphatic rings. The third-order valence-corrected chi connectivity index (χ3v) is 5.37. The van der Waals surface area contributed by atoms with E-state index in [1.807, 2.05) is 49.2 Å². The minimum Gasteiger partial charge on any atom is -0.324 e. The Kier molecular flexibility index (Phi) is 5.17. The molecule has 134 valence electrons. The molecular weight excluding hydrogens is 344 g/mol. The zero-order valence-electron chi connectivity index (χ0n) is 14.8. The van der Waals surface area contributed by atoms with E-state index in [0.717, 1.165) is 42.7 Å². The largest absolute Gasteiger partial charge is 0.324 e. The van der Waals surface area contributed by atoms with Gasteiger partial charge in [-0.1, -0.05) is 6.07 Å². The fourth-order valence-electron chi connectivity index (χ4n) is 3.34. The van der Waals surface area contributed by atoms with E-state index in [1.165, 1.54) is 17.7 Å². The average Bonchev–Trinajstić information content (AvgIpc) is 3.16. The van der Waals surface area contributed by atoms with Crippen molar-refractivity contribution in [1.29, 1.82) is 0 Å². The van der Waals surface area contributed by atoms with Crippen LogP contribution in [0, 0.1) is 6.92 Å². The van der Waals surface area contributed by atoms with E-state index in [2.05, 4.69) is 30.2 Å². The van der Waals surface area contributed by atoms with Crippen molar-refractivity contribution in [2.75, 3.05) is 18.4 Å². The van der Waals surface area contributed by atoms with E-state index in [9.17, 15) is 0 Å². The number of hydrogen-bond donors (Lipinski definition) is 1. The second-order valence-electron chi connectivity index (χ2n) is 6.66. The van der Waals surface area contributed by atoms with Crippen LogP contribution < -0.4 is 5.32 Å². The van der Waals surface area contributed by atoms with Crippen LogP contribution in [-0.2, 0) is 6.54 Å². The number of aromatic nitrogens is 4. The van der Waals surface area contributed by atoms with Crippen molar-refractivity contribution in [1.82, 2.24) is 24.8 Å².